The maximum atomic E-state index is 12.8. The Kier molecular flexibility index (Phi) is 5.56. The predicted octanol–water partition coefficient (Wildman–Crippen LogP) is 3.56. The average Bonchev–Trinajstić information content (AvgIpc) is 2.49. The number of benzene rings is 2. The standard InChI is InChI=1S/C17H20FNO/c1-20-17-7-3-2-5-15(17)6-4-12-19-13-14-8-10-16(18)11-9-14/h2-3,5,7-11,19H,4,6,12-13H2,1H3. The Labute approximate surface area is 119 Å². The van der Waals surface area contributed by atoms with E-state index in [2.05, 4.69) is 11.4 Å². The van der Waals surface area contributed by atoms with Crippen LogP contribution in [-0.4, -0.2) is 13.7 Å². The van der Waals surface area contributed by atoms with Crippen LogP contribution in [0.4, 0.5) is 4.39 Å². The van der Waals surface area contributed by atoms with Gasteiger partial charge in [-0.05, 0) is 48.7 Å². The summed E-state index contributed by atoms with van der Waals surface area (Å²) in [6.07, 6.45) is 2.03. The van der Waals surface area contributed by atoms with Gasteiger partial charge in [0, 0.05) is 6.54 Å². The second-order valence-corrected chi connectivity index (χ2v) is 4.72. The van der Waals surface area contributed by atoms with Crippen molar-refractivity contribution >= 4 is 0 Å². The van der Waals surface area contributed by atoms with E-state index in [1.165, 1.54) is 17.7 Å². The minimum atomic E-state index is -0.190. The summed E-state index contributed by atoms with van der Waals surface area (Å²) in [5.74, 6) is 0.760. The lowest BCUT2D eigenvalue weighted by Crippen LogP contribution is -2.15. The molecule has 2 aromatic rings. The Balaban J connectivity index is 1.70. The Morgan fingerprint density at radius 2 is 1.80 bits per heavy atom. The van der Waals surface area contributed by atoms with E-state index in [9.17, 15) is 4.39 Å². The van der Waals surface area contributed by atoms with Crippen LogP contribution in [0.15, 0.2) is 48.5 Å². The third-order valence-electron chi connectivity index (χ3n) is 3.23. The van der Waals surface area contributed by atoms with Gasteiger partial charge in [0.05, 0.1) is 7.11 Å². The topological polar surface area (TPSA) is 21.3 Å². The zero-order valence-corrected chi connectivity index (χ0v) is 11.7. The lowest BCUT2D eigenvalue weighted by Gasteiger charge is -2.08. The lowest BCUT2D eigenvalue weighted by atomic mass is 10.1. The summed E-state index contributed by atoms with van der Waals surface area (Å²) in [5.41, 5.74) is 2.34. The molecule has 0 aromatic heterocycles. The molecule has 0 unspecified atom stereocenters. The molecule has 0 aliphatic heterocycles. The molecule has 0 amide bonds. The van der Waals surface area contributed by atoms with Gasteiger partial charge >= 0.3 is 0 Å². The number of rotatable bonds is 7. The van der Waals surface area contributed by atoms with Crippen molar-refractivity contribution in [2.45, 2.75) is 19.4 Å². The molecule has 20 heavy (non-hydrogen) atoms. The SMILES string of the molecule is COc1ccccc1CCCNCc1ccc(F)cc1. The first-order valence-electron chi connectivity index (χ1n) is 6.86. The molecule has 0 bridgehead atoms. The van der Waals surface area contributed by atoms with Crippen molar-refractivity contribution in [2.24, 2.45) is 0 Å². The van der Waals surface area contributed by atoms with Crippen LogP contribution in [0, 0.1) is 5.82 Å². The largest absolute Gasteiger partial charge is 0.496 e. The molecule has 0 aliphatic carbocycles. The number of halogens is 1. The molecule has 106 valence electrons. The molecule has 3 heteroatoms. The lowest BCUT2D eigenvalue weighted by molar-refractivity contribution is 0.409. The van der Waals surface area contributed by atoms with E-state index >= 15 is 0 Å². The van der Waals surface area contributed by atoms with Crippen molar-refractivity contribution in [1.29, 1.82) is 0 Å². The van der Waals surface area contributed by atoms with Crippen LogP contribution in [-0.2, 0) is 13.0 Å². The molecule has 0 aliphatic rings. The van der Waals surface area contributed by atoms with Gasteiger partial charge in [-0.15, -0.1) is 0 Å². The molecular weight excluding hydrogens is 253 g/mol. The minimum absolute atomic E-state index is 0.190. The average molecular weight is 273 g/mol. The van der Waals surface area contributed by atoms with E-state index in [0.29, 0.717) is 0 Å². The molecule has 1 N–H and O–H groups in total. The van der Waals surface area contributed by atoms with Crippen LogP contribution in [0.1, 0.15) is 17.5 Å². The zero-order chi connectivity index (χ0) is 14.2. The molecule has 0 heterocycles. The van der Waals surface area contributed by atoms with Crippen molar-refractivity contribution in [3.63, 3.8) is 0 Å². The fourth-order valence-electron chi connectivity index (χ4n) is 2.15. The van der Waals surface area contributed by atoms with Crippen LogP contribution in [0.2, 0.25) is 0 Å². The first-order chi connectivity index (χ1) is 9.79. The molecule has 2 nitrogen and oxygen atoms in total. The summed E-state index contributed by atoms with van der Waals surface area (Å²) in [6.45, 7) is 1.70. The maximum absolute atomic E-state index is 12.8. The van der Waals surface area contributed by atoms with Gasteiger partial charge < -0.3 is 10.1 Å². The number of ether oxygens (including phenoxy) is 1. The highest BCUT2D eigenvalue weighted by molar-refractivity contribution is 5.33. The first-order valence-corrected chi connectivity index (χ1v) is 6.86. The third kappa shape index (κ3) is 4.35. The Morgan fingerprint density at radius 1 is 1.05 bits per heavy atom. The van der Waals surface area contributed by atoms with Crippen LogP contribution in [0.3, 0.4) is 0 Å². The Hall–Kier alpha value is -1.87. The number of aryl methyl sites for hydroxylation is 1. The van der Waals surface area contributed by atoms with Crippen LogP contribution in [0.5, 0.6) is 5.75 Å². The molecule has 2 rings (SSSR count). The molecule has 0 radical (unpaired) electrons. The van der Waals surface area contributed by atoms with Crippen molar-refractivity contribution in [3.8, 4) is 5.75 Å². The monoisotopic (exact) mass is 273 g/mol. The Bertz CT molecular complexity index is 525. The van der Waals surface area contributed by atoms with Crippen molar-refractivity contribution in [1.82, 2.24) is 5.32 Å². The quantitative estimate of drug-likeness (QED) is 0.779. The molecule has 0 saturated heterocycles. The number of hydrogen-bond acceptors (Lipinski definition) is 2. The molecule has 0 atom stereocenters. The summed E-state index contributed by atoms with van der Waals surface area (Å²) in [4.78, 5) is 0. The maximum Gasteiger partial charge on any atom is 0.123 e. The van der Waals surface area contributed by atoms with E-state index in [1.54, 1.807) is 7.11 Å². The molecule has 0 fully saturated rings. The highest BCUT2D eigenvalue weighted by atomic mass is 19.1. The summed E-state index contributed by atoms with van der Waals surface area (Å²) < 4.78 is 18.1. The van der Waals surface area contributed by atoms with Crippen molar-refractivity contribution in [3.05, 3.63) is 65.5 Å². The van der Waals surface area contributed by atoms with E-state index in [4.69, 9.17) is 4.74 Å². The number of methoxy groups -OCH3 is 1. The van der Waals surface area contributed by atoms with Gasteiger partial charge in [-0.2, -0.15) is 0 Å². The molecule has 2 aromatic carbocycles. The van der Waals surface area contributed by atoms with Crippen molar-refractivity contribution < 1.29 is 9.13 Å². The summed E-state index contributed by atoms with van der Waals surface area (Å²) in [6, 6.07) is 14.7. The second kappa shape index (κ2) is 7.65. The smallest absolute Gasteiger partial charge is 0.123 e. The fraction of sp³-hybridized carbons (Fsp3) is 0.294. The summed E-state index contributed by atoms with van der Waals surface area (Å²) >= 11 is 0. The Morgan fingerprint density at radius 3 is 2.55 bits per heavy atom. The number of hydrogen-bond donors (Lipinski definition) is 1. The highest BCUT2D eigenvalue weighted by Crippen LogP contribution is 2.18. The van der Waals surface area contributed by atoms with Gasteiger partial charge in [-0.1, -0.05) is 30.3 Å². The van der Waals surface area contributed by atoms with Crippen LogP contribution >= 0.6 is 0 Å². The van der Waals surface area contributed by atoms with Crippen molar-refractivity contribution in [2.75, 3.05) is 13.7 Å². The van der Waals surface area contributed by atoms with Gasteiger partial charge in [0.15, 0.2) is 0 Å². The van der Waals surface area contributed by atoms with Gasteiger partial charge in [0.2, 0.25) is 0 Å². The number of nitrogens with one attached hydrogen (secondary N) is 1. The number of para-hydroxylation sites is 1. The minimum Gasteiger partial charge on any atom is -0.496 e. The van der Waals surface area contributed by atoms with Gasteiger partial charge in [-0.3, -0.25) is 0 Å². The van der Waals surface area contributed by atoms with Crippen LogP contribution < -0.4 is 10.1 Å². The summed E-state index contributed by atoms with van der Waals surface area (Å²) in [5, 5.41) is 3.37. The van der Waals surface area contributed by atoms with E-state index in [-0.39, 0.29) is 5.82 Å². The fourth-order valence-corrected chi connectivity index (χ4v) is 2.15. The predicted molar refractivity (Wildman–Crippen MR) is 79.4 cm³/mol. The summed E-state index contributed by atoms with van der Waals surface area (Å²) in [7, 11) is 1.70. The van der Waals surface area contributed by atoms with E-state index in [0.717, 1.165) is 37.2 Å². The third-order valence-corrected chi connectivity index (χ3v) is 3.23. The highest BCUT2D eigenvalue weighted by Gasteiger charge is 2.01. The second-order valence-electron chi connectivity index (χ2n) is 4.72. The first kappa shape index (κ1) is 14.5. The van der Waals surface area contributed by atoms with Crippen LogP contribution in [0.25, 0.3) is 0 Å². The van der Waals surface area contributed by atoms with Gasteiger partial charge in [-0.25, -0.2) is 4.39 Å². The van der Waals surface area contributed by atoms with E-state index < -0.39 is 0 Å². The molecule has 0 spiro atoms. The normalized spacial score (nSPS) is 10.5. The van der Waals surface area contributed by atoms with Gasteiger partial charge in [0.25, 0.3) is 0 Å². The molecule has 0 saturated carbocycles. The van der Waals surface area contributed by atoms with Gasteiger partial charge in [0.1, 0.15) is 11.6 Å². The molecular formula is C17H20FNO. The van der Waals surface area contributed by atoms with E-state index in [1.807, 2.05) is 30.3 Å². The zero-order valence-electron chi connectivity index (χ0n) is 11.7.